The molecular formula is C13H28N2O. The molecule has 0 spiro atoms. The highest BCUT2D eigenvalue weighted by molar-refractivity contribution is 4.81. The molecule has 16 heavy (non-hydrogen) atoms. The highest BCUT2D eigenvalue weighted by Crippen LogP contribution is 2.19. The maximum Gasteiger partial charge on any atom is 0.0715 e. The summed E-state index contributed by atoms with van der Waals surface area (Å²) in [7, 11) is 0. The average molecular weight is 228 g/mol. The van der Waals surface area contributed by atoms with Crippen molar-refractivity contribution in [3.63, 3.8) is 0 Å². The van der Waals surface area contributed by atoms with Crippen LogP contribution in [0.15, 0.2) is 0 Å². The number of piperidine rings is 1. The van der Waals surface area contributed by atoms with Gasteiger partial charge in [0.1, 0.15) is 0 Å². The molecule has 0 aromatic carbocycles. The molecule has 3 nitrogen and oxygen atoms in total. The fourth-order valence-corrected chi connectivity index (χ4v) is 2.36. The summed E-state index contributed by atoms with van der Waals surface area (Å²) < 4.78 is 0. The van der Waals surface area contributed by atoms with Crippen LogP contribution in [-0.4, -0.2) is 47.8 Å². The third-order valence-corrected chi connectivity index (χ3v) is 3.55. The molecule has 0 saturated carbocycles. The summed E-state index contributed by atoms with van der Waals surface area (Å²) >= 11 is 0. The van der Waals surface area contributed by atoms with Crippen molar-refractivity contribution in [3.8, 4) is 0 Å². The summed E-state index contributed by atoms with van der Waals surface area (Å²) in [5, 5.41) is 13.2. The van der Waals surface area contributed by atoms with E-state index in [9.17, 15) is 5.11 Å². The van der Waals surface area contributed by atoms with Gasteiger partial charge < -0.3 is 15.3 Å². The fourth-order valence-electron chi connectivity index (χ4n) is 2.36. The van der Waals surface area contributed by atoms with Crippen LogP contribution in [0, 0.1) is 5.92 Å². The monoisotopic (exact) mass is 228 g/mol. The molecule has 1 saturated heterocycles. The van der Waals surface area contributed by atoms with Gasteiger partial charge in [0.2, 0.25) is 0 Å². The molecule has 3 heteroatoms. The van der Waals surface area contributed by atoms with Gasteiger partial charge in [-0.25, -0.2) is 0 Å². The van der Waals surface area contributed by atoms with Gasteiger partial charge in [-0.1, -0.05) is 6.92 Å². The molecule has 0 aromatic rings. The molecule has 1 aliphatic heterocycles. The molecule has 1 fully saturated rings. The molecule has 96 valence electrons. The predicted molar refractivity (Wildman–Crippen MR) is 68.6 cm³/mol. The van der Waals surface area contributed by atoms with Gasteiger partial charge in [0.25, 0.3) is 0 Å². The number of hydrogen-bond acceptors (Lipinski definition) is 3. The minimum atomic E-state index is -0.604. The van der Waals surface area contributed by atoms with E-state index in [1.54, 1.807) is 0 Å². The lowest BCUT2D eigenvalue weighted by Crippen LogP contribution is -2.47. The van der Waals surface area contributed by atoms with E-state index < -0.39 is 5.60 Å². The van der Waals surface area contributed by atoms with E-state index in [-0.39, 0.29) is 0 Å². The first-order valence-electron chi connectivity index (χ1n) is 6.60. The fraction of sp³-hybridized carbons (Fsp3) is 1.00. The summed E-state index contributed by atoms with van der Waals surface area (Å²) in [6.45, 7) is 12.5. The number of rotatable bonds is 5. The van der Waals surface area contributed by atoms with Gasteiger partial charge in [0.05, 0.1) is 5.60 Å². The number of likely N-dealkylation sites (tertiary alicyclic amines) is 1. The van der Waals surface area contributed by atoms with Gasteiger partial charge >= 0.3 is 0 Å². The zero-order valence-electron chi connectivity index (χ0n) is 11.3. The summed E-state index contributed by atoms with van der Waals surface area (Å²) in [6.07, 6.45) is 2.63. The van der Waals surface area contributed by atoms with E-state index in [2.05, 4.69) is 24.1 Å². The van der Waals surface area contributed by atoms with Gasteiger partial charge in [-0.3, -0.25) is 0 Å². The van der Waals surface area contributed by atoms with Gasteiger partial charge in [0.15, 0.2) is 0 Å². The third-order valence-electron chi connectivity index (χ3n) is 3.55. The number of nitrogens with one attached hydrogen (secondary N) is 1. The van der Waals surface area contributed by atoms with Crippen molar-refractivity contribution in [2.45, 2.75) is 52.2 Å². The Bertz CT molecular complexity index is 201. The molecular weight excluding hydrogens is 200 g/mol. The molecule has 0 bridgehead atoms. The number of aliphatic hydroxyl groups is 1. The van der Waals surface area contributed by atoms with Crippen LogP contribution in [0.2, 0.25) is 0 Å². The molecule has 0 aromatic heterocycles. The quantitative estimate of drug-likeness (QED) is 0.748. The summed E-state index contributed by atoms with van der Waals surface area (Å²) in [5.74, 6) is 0.732. The Morgan fingerprint density at radius 3 is 2.75 bits per heavy atom. The highest BCUT2D eigenvalue weighted by atomic mass is 16.3. The molecule has 0 radical (unpaired) electrons. The van der Waals surface area contributed by atoms with Crippen LogP contribution in [0.1, 0.15) is 40.5 Å². The Balaban J connectivity index is 2.32. The lowest BCUT2D eigenvalue weighted by molar-refractivity contribution is 0.0697. The van der Waals surface area contributed by atoms with Crippen molar-refractivity contribution < 1.29 is 5.11 Å². The van der Waals surface area contributed by atoms with Crippen LogP contribution in [0.25, 0.3) is 0 Å². The SMILES string of the molecule is CCN1CCCC(C(C)NCC(C)(C)O)C1. The Morgan fingerprint density at radius 2 is 2.19 bits per heavy atom. The van der Waals surface area contributed by atoms with E-state index in [0.717, 1.165) is 12.5 Å². The van der Waals surface area contributed by atoms with Crippen molar-refractivity contribution in [3.05, 3.63) is 0 Å². The minimum Gasteiger partial charge on any atom is -0.389 e. The van der Waals surface area contributed by atoms with Crippen molar-refractivity contribution >= 4 is 0 Å². The highest BCUT2D eigenvalue weighted by Gasteiger charge is 2.24. The Morgan fingerprint density at radius 1 is 1.50 bits per heavy atom. The molecule has 0 amide bonds. The Kier molecular flexibility index (Phi) is 5.22. The van der Waals surface area contributed by atoms with Gasteiger partial charge in [-0.05, 0) is 52.6 Å². The number of nitrogens with zero attached hydrogens (tertiary/aromatic N) is 1. The summed E-state index contributed by atoms with van der Waals surface area (Å²) in [4.78, 5) is 2.52. The Labute approximate surface area is 100 Å². The molecule has 2 atom stereocenters. The topological polar surface area (TPSA) is 35.5 Å². The molecule has 2 N–H and O–H groups in total. The van der Waals surface area contributed by atoms with Crippen molar-refractivity contribution in [1.29, 1.82) is 0 Å². The van der Waals surface area contributed by atoms with Crippen LogP contribution in [-0.2, 0) is 0 Å². The first-order valence-corrected chi connectivity index (χ1v) is 6.60. The average Bonchev–Trinajstić information content (AvgIpc) is 2.25. The predicted octanol–water partition coefficient (Wildman–Crippen LogP) is 1.47. The Hall–Kier alpha value is -0.120. The van der Waals surface area contributed by atoms with Crippen molar-refractivity contribution in [2.75, 3.05) is 26.2 Å². The molecule has 1 heterocycles. The summed E-state index contributed by atoms with van der Waals surface area (Å²) in [5.41, 5.74) is -0.604. The second kappa shape index (κ2) is 5.99. The zero-order chi connectivity index (χ0) is 12.2. The maximum absolute atomic E-state index is 9.69. The minimum absolute atomic E-state index is 0.501. The van der Waals surface area contributed by atoms with E-state index in [4.69, 9.17) is 0 Å². The van der Waals surface area contributed by atoms with Crippen LogP contribution in [0.4, 0.5) is 0 Å². The van der Waals surface area contributed by atoms with Crippen molar-refractivity contribution in [2.24, 2.45) is 5.92 Å². The normalized spacial score (nSPS) is 25.7. The summed E-state index contributed by atoms with van der Waals surface area (Å²) in [6, 6.07) is 0.501. The first-order chi connectivity index (χ1) is 7.42. The van der Waals surface area contributed by atoms with Gasteiger partial charge in [0, 0.05) is 19.1 Å². The number of hydrogen-bond donors (Lipinski definition) is 2. The molecule has 1 rings (SSSR count). The second-order valence-electron chi connectivity index (χ2n) is 5.78. The van der Waals surface area contributed by atoms with Crippen LogP contribution in [0.5, 0.6) is 0 Å². The molecule has 1 aliphatic rings. The third kappa shape index (κ3) is 4.81. The van der Waals surface area contributed by atoms with Gasteiger partial charge in [-0.2, -0.15) is 0 Å². The first kappa shape index (κ1) is 13.9. The lowest BCUT2D eigenvalue weighted by atomic mass is 9.91. The standard InChI is InChI=1S/C13H28N2O/c1-5-15-8-6-7-12(9-15)11(2)14-10-13(3,4)16/h11-12,14,16H,5-10H2,1-4H3. The molecule has 2 unspecified atom stereocenters. The van der Waals surface area contributed by atoms with E-state index >= 15 is 0 Å². The van der Waals surface area contributed by atoms with Crippen LogP contribution in [0.3, 0.4) is 0 Å². The van der Waals surface area contributed by atoms with E-state index in [1.165, 1.54) is 25.9 Å². The van der Waals surface area contributed by atoms with E-state index in [0.29, 0.717) is 12.6 Å². The van der Waals surface area contributed by atoms with Gasteiger partial charge in [-0.15, -0.1) is 0 Å². The molecule has 0 aliphatic carbocycles. The van der Waals surface area contributed by atoms with Crippen LogP contribution < -0.4 is 5.32 Å². The second-order valence-corrected chi connectivity index (χ2v) is 5.78. The van der Waals surface area contributed by atoms with Crippen molar-refractivity contribution in [1.82, 2.24) is 10.2 Å². The lowest BCUT2D eigenvalue weighted by Gasteiger charge is -2.36. The van der Waals surface area contributed by atoms with Crippen LogP contribution >= 0.6 is 0 Å². The largest absolute Gasteiger partial charge is 0.389 e. The maximum atomic E-state index is 9.69. The smallest absolute Gasteiger partial charge is 0.0715 e. The zero-order valence-corrected chi connectivity index (χ0v) is 11.3. The van der Waals surface area contributed by atoms with E-state index in [1.807, 2.05) is 13.8 Å².